The third-order valence-electron chi connectivity index (χ3n) is 5.22. The van der Waals surface area contributed by atoms with Crippen molar-refractivity contribution in [3.63, 3.8) is 0 Å². The highest BCUT2D eigenvalue weighted by molar-refractivity contribution is 9.10. The van der Waals surface area contributed by atoms with E-state index in [9.17, 15) is 9.59 Å². The quantitative estimate of drug-likeness (QED) is 0.490. The molecule has 0 spiro atoms. The number of carbonyl (C=O) groups excluding carboxylic acids is 2. The number of anilines is 2. The molecule has 1 aromatic heterocycles. The fourth-order valence-electron chi connectivity index (χ4n) is 3.52. The lowest BCUT2D eigenvalue weighted by atomic mass is 10.1. The first kappa shape index (κ1) is 22.9. The van der Waals surface area contributed by atoms with Crippen molar-refractivity contribution in [1.29, 1.82) is 0 Å². The van der Waals surface area contributed by atoms with Crippen molar-refractivity contribution in [2.45, 2.75) is 6.92 Å². The van der Waals surface area contributed by atoms with Crippen LogP contribution in [-0.2, 0) is 0 Å². The molecule has 2 aromatic carbocycles. The van der Waals surface area contributed by atoms with Gasteiger partial charge in [0, 0.05) is 40.4 Å². The molecule has 2 N–H and O–H groups in total. The van der Waals surface area contributed by atoms with Gasteiger partial charge in [-0.15, -0.1) is 0 Å². The van der Waals surface area contributed by atoms with E-state index in [2.05, 4.69) is 41.4 Å². The molecule has 0 fully saturated rings. The Labute approximate surface area is 205 Å². The summed E-state index contributed by atoms with van der Waals surface area (Å²) in [4.78, 5) is 36.7. The molecule has 4 rings (SSSR count). The van der Waals surface area contributed by atoms with Crippen molar-refractivity contribution in [3.8, 4) is 0 Å². The van der Waals surface area contributed by atoms with Crippen LogP contribution in [0.2, 0.25) is 5.02 Å². The second kappa shape index (κ2) is 9.72. The van der Waals surface area contributed by atoms with Crippen LogP contribution in [0.25, 0.3) is 0 Å². The number of amidine groups is 1. The van der Waals surface area contributed by atoms with Crippen LogP contribution >= 0.6 is 27.5 Å². The number of hydrogen-bond acceptors (Lipinski definition) is 5. The number of nitrogens with one attached hydrogen (secondary N) is 2. The fraction of sp³-hybridized carbons (Fsp3) is 0.167. The summed E-state index contributed by atoms with van der Waals surface area (Å²) in [6.07, 6.45) is 1.58. The highest BCUT2D eigenvalue weighted by Gasteiger charge is 2.19. The van der Waals surface area contributed by atoms with E-state index in [1.807, 2.05) is 19.2 Å². The lowest BCUT2D eigenvalue weighted by Gasteiger charge is -2.16. The largest absolute Gasteiger partial charge is 0.358 e. The number of carbonyl (C=O) groups is 2. The molecule has 1 aliphatic rings. The summed E-state index contributed by atoms with van der Waals surface area (Å²) >= 11 is 9.52. The summed E-state index contributed by atoms with van der Waals surface area (Å²) in [7, 11) is 1.99. The van der Waals surface area contributed by atoms with Gasteiger partial charge in [0.25, 0.3) is 11.8 Å². The minimum absolute atomic E-state index is 0.247. The molecule has 0 aliphatic carbocycles. The van der Waals surface area contributed by atoms with E-state index in [-0.39, 0.29) is 11.5 Å². The molecule has 0 saturated carbocycles. The van der Waals surface area contributed by atoms with E-state index in [1.165, 1.54) is 6.07 Å². The Hall–Kier alpha value is -3.23. The van der Waals surface area contributed by atoms with Gasteiger partial charge in [-0.05, 0) is 64.8 Å². The van der Waals surface area contributed by atoms with E-state index in [0.717, 1.165) is 29.0 Å². The van der Waals surface area contributed by atoms with Gasteiger partial charge in [0.1, 0.15) is 11.7 Å². The van der Waals surface area contributed by atoms with Crippen molar-refractivity contribution in [2.24, 2.45) is 4.99 Å². The Morgan fingerprint density at radius 3 is 2.45 bits per heavy atom. The van der Waals surface area contributed by atoms with Crippen LogP contribution in [0.4, 0.5) is 11.5 Å². The van der Waals surface area contributed by atoms with E-state index in [1.54, 1.807) is 43.5 Å². The lowest BCUT2D eigenvalue weighted by Crippen LogP contribution is -2.23. The highest BCUT2D eigenvalue weighted by atomic mass is 79.9. The van der Waals surface area contributed by atoms with E-state index >= 15 is 0 Å². The molecule has 2 amide bonds. The van der Waals surface area contributed by atoms with Gasteiger partial charge in [-0.1, -0.05) is 23.7 Å². The topological polar surface area (TPSA) is 86.7 Å². The summed E-state index contributed by atoms with van der Waals surface area (Å²) in [6, 6.07) is 13.9. The molecule has 1 aliphatic heterocycles. The van der Waals surface area contributed by atoms with E-state index in [0.29, 0.717) is 27.7 Å². The van der Waals surface area contributed by atoms with E-state index < -0.39 is 5.91 Å². The number of aliphatic imine (C=N–C) groups is 1. The summed E-state index contributed by atoms with van der Waals surface area (Å²) in [5.74, 6) is 0.539. The molecule has 0 atom stereocenters. The zero-order valence-corrected chi connectivity index (χ0v) is 20.4. The maximum Gasteiger partial charge on any atom is 0.258 e. The van der Waals surface area contributed by atoms with Crippen LogP contribution in [0.5, 0.6) is 0 Å². The van der Waals surface area contributed by atoms with Crippen LogP contribution in [0.15, 0.2) is 64.2 Å². The number of aryl methyl sites for hydroxylation is 1. The number of halogens is 2. The molecule has 33 heavy (non-hydrogen) atoms. The van der Waals surface area contributed by atoms with Crippen molar-refractivity contribution < 1.29 is 9.59 Å². The second-order valence-corrected chi connectivity index (χ2v) is 8.97. The molecule has 3 aromatic rings. The molecule has 0 radical (unpaired) electrons. The van der Waals surface area contributed by atoms with Gasteiger partial charge < -0.3 is 15.5 Å². The maximum absolute atomic E-state index is 13.0. The van der Waals surface area contributed by atoms with Crippen LogP contribution in [0.3, 0.4) is 0 Å². The number of nitrogens with zero attached hydrogens (tertiary/aromatic N) is 3. The molecule has 9 heteroatoms. The van der Waals surface area contributed by atoms with Crippen molar-refractivity contribution in [2.75, 3.05) is 30.8 Å². The van der Waals surface area contributed by atoms with Crippen LogP contribution < -0.4 is 10.6 Å². The molecule has 0 saturated heterocycles. The normalized spacial score (nSPS) is 13.0. The first-order chi connectivity index (χ1) is 15.8. The minimum Gasteiger partial charge on any atom is -0.358 e. The highest BCUT2D eigenvalue weighted by Crippen LogP contribution is 2.27. The number of hydrogen-bond donors (Lipinski definition) is 2. The third-order valence-corrected chi connectivity index (χ3v) is 5.90. The van der Waals surface area contributed by atoms with Gasteiger partial charge in [0.05, 0.1) is 17.8 Å². The molecule has 0 unspecified atom stereocenters. The van der Waals surface area contributed by atoms with E-state index in [4.69, 9.17) is 11.6 Å². The monoisotopic (exact) mass is 525 g/mol. The smallest absolute Gasteiger partial charge is 0.258 e. The number of aromatic nitrogens is 1. The number of amides is 2. The molecule has 0 bridgehead atoms. The predicted octanol–water partition coefficient (Wildman–Crippen LogP) is 5.00. The van der Waals surface area contributed by atoms with Crippen LogP contribution in [0.1, 0.15) is 31.8 Å². The minimum atomic E-state index is -0.427. The number of pyridine rings is 1. The fourth-order valence-corrected chi connectivity index (χ4v) is 4.03. The Morgan fingerprint density at radius 1 is 1.06 bits per heavy atom. The summed E-state index contributed by atoms with van der Waals surface area (Å²) in [5.41, 5.74) is 2.73. The molecular formula is C24H21BrClN5O2. The van der Waals surface area contributed by atoms with Gasteiger partial charge in [-0.3, -0.25) is 14.6 Å². The van der Waals surface area contributed by atoms with Crippen LogP contribution in [0, 0.1) is 6.92 Å². The van der Waals surface area contributed by atoms with Gasteiger partial charge in [-0.2, -0.15) is 0 Å². The van der Waals surface area contributed by atoms with Gasteiger partial charge >= 0.3 is 0 Å². The number of benzene rings is 2. The first-order valence-corrected chi connectivity index (χ1v) is 11.4. The Morgan fingerprint density at radius 2 is 1.82 bits per heavy atom. The first-order valence-electron chi connectivity index (χ1n) is 10.2. The maximum atomic E-state index is 13.0. The lowest BCUT2D eigenvalue weighted by molar-refractivity contribution is 0.102. The number of rotatable bonds is 5. The van der Waals surface area contributed by atoms with Crippen molar-refractivity contribution >= 4 is 56.7 Å². The Kier molecular flexibility index (Phi) is 6.76. The van der Waals surface area contributed by atoms with Gasteiger partial charge in [-0.25, -0.2) is 4.98 Å². The average Bonchev–Trinajstić information content (AvgIpc) is 3.22. The zero-order chi connectivity index (χ0) is 23.5. The number of likely N-dealkylation sites (N-methyl/N-ethyl adjacent to an activating group) is 1. The molecule has 7 nitrogen and oxygen atoms in total. The second-order valence-electron chi connectivity index (χ2n) is 7.62. The van der Waals surface area contributed by atoms with Crippen molar-refractivity contribution in [3.05, 3.63) is 86.5 Å². The van der Waals surface area contributed by atoms with Crippen molar-refractivity contribution in [1.82, 2.24) is 9.88 Å². The van der Waals surface area contributed by atoms with Gasteiger partial charge in [0.2, 0.25) is 0 Å². The molecular weight excluding hydrogens is 506 g/mol. The average molecular weight is 527 g/mol. The zero-order valence-electron chi connectivity index (χ0n) is 18.0. The Bertz CT molecular complexity index is 1240. The predicted molar refractivity (Wildman–Crippen MR) is 135 cm³/mol. The SMILES string of the molecule is Cc1cc(Cl)cc(C(=O)Nc2ccc(Br)cn2)c1NC(=O)c1ccc(C2=NCCN2C)cc1. The molecule has 2 heterocycles. The van der Waals surface area contributed by atoms with Crippen LogP contribution in [-0.4, -0.2) is 47.7 Å². The summed E-state index contributed by atoms with van der Waals surface area (Å²) in [5, 5.41) is 6.00. The Balaban J connectivity index is 1.56. The molecule has 168 valence electrons. The van der Waals surface area contributed by atoms with Gasteiger partial charge in [0.15, 0.2) is 0 Å². The standard InChI is InChI=1S/C24H21BrClN5O2/c1-14-11-18(26)12-19(24(33)29-20-8-7-17(25)13-28-20)21(14)30-23(32)16-5-3-15(4-6-16)22-27-9-10-31(22)2/h3-8,11-13H,9-10H2,1-2H3,(H,30,32)(H,28,29,33). The summed E-state index contributed by atoms with van der Waals surface area (Å²) < 4.78 is 0.796. The third kappa shape index (κ3) is 5.23. The summed E-state index contributed by atoms with van der Waals surface area (Å²) in [6.45, 7) is 3.44.